The Hall–Kier alpha value is -1.07. The Balaban J connectivity index is 1.84. The molecule has 20 heavy (non-hydrogen) atoms. The van der Waals surface area contributed by atoms with Gasteiger partial charge in [-0.3, -0.25) is 0 Å². The number of carbonyl (C=O) groups is 1. The number of benzene rings is 1. The quantitative estimate of drug-likeness (QED) is 0.888. The zero-order valence-electron chi connectivity index (χ0n) is 11.5. The van der Waals surface area contributed by atoms with Gasteiger partial charge >= 0.3 is 6.03 Å². The van der Waals surface area contributed by atoms with Gasteiger partial charge in [0.25, 0.3) is 0 Å². The number of carbonyl (C=O) groups excluding carboxylic acids is 1. The summed E-state index contributed by atoms with van der Waals surface area (Å²) in [7, 11) is 0. The fourth-order valence-corrected chi connectivity index (χ4v) is 2.90. The molecule has 2 N–H and O–H groups in total. The zero-order chi connectivity index (χ0) is 14.4. The van der Waals surface area contributed by atoms with Crippen molar-refractivity contribution in [3.63, 3.8) is 0 Å². The molecule has 0 aromatic heterocycles. The number of aliphatic hydroxyl groups is 1. The Morgan fingerprint density at radius 3 is 2.90 bits per heavy atom. The second-order valence-corrected chi connectivity index (χ2v) is 6.07. The Morgan fingerprint density at radius 1 is 1.35 bits per heavy atom. The lowest BCUT2D eigenvalue weighted by Gasteiger charge is -2.21. The van der Waals surface area contributed by atoms with Crippen LogP contribution < -0.4 is 5.32 Å². The SMILES string of the molecule is O=C(NCc1ccccc1Br)N1CCCC(CO)CC1. The van der Waals surface area contributed by atoms with Crippen molar-refractivity contribution in [3.05, 3.63) is 34.3 Å². The van der Waals surface area contributed by atoms with E-state index in [1.165, 1.54) is 0 Å². The van der Waals surface area contributed by atoms with Gasteiger partial charge in [0.15, 0.2) is 0 Å². The number of nitrogens with one attached hydrogen (secondary N) is 1. The molecule has 1 saturated heterocycles. The van der Waals surface area contributed by atoms with E-state index in [-0.39, 0.29) is 12.6 Å². The fourth-order valence-electron chi connectivity index (χ4n) is 2.48. The van der Waals surface area contributed by atoms with E-state index >= 15 is 0 Å². The molecule has 0 aliphatic carbocycles. The summed E-state index contributed by atoms with van der Waals surface area (Å²) in [6.07, 6.45) is 2.86. The van der Waals surface area contributed by atoms with Crippen molar-refractivity contribution in [2.75, 3.05) is 19.7 Å². The number of hydrogen-bond donors (Lipinski definition) is 2. The van der Waals surface area contributed by atoms with Gasteiger partial charge in [0, 0.05) is 30.7 Å². The maximum Gasteiger partial charge on any atom is 0.317 e. The van der Waals surface area contributed by atoms with Crippen LogP contribution in [0.2, 0.25) is 0 Å². The summed E-state index contributed by atoms with van der Waals surface area (Å²) < 4.78 is 1.01. The van der Waals surface area contributed by atoms with Crippen LogP contribution in [-0.2, 0) is 6.54 Å². The van der Waals surface area contributed by atoms with Gasteiger partial charge in [-0.25, -0.2) is 4.79 Å². The van der Waals surface area contributed by atoms with E-state index in [9.17, 15) is 9.90 Å². The first-order valence-electron chi connectivity index (χ1n) is 7.07. The maximum atomic E-state index is 12.2. The predicted octanol–water partition coefficient (Wildman–Crippen LogP) is 2.75. The number of aliphatic hydroxyl groups excluding tert-OH is 1. The minimum atomic E-state index is -0.0145. The summed E-state index contributed by atoms with van der Waals surface area (Å²) >= 11 is 3.48. The average Bonchev–Trinajstić information content (AvgIpc) is 2.71. The van der Waals surface area contributed by atoms with Gasteiger partial charge in [-0.15, -0.1) is 0 Å². The summed E-state index contributed by atoms with van der Waals surface area (Å²) in [5.74, 6) is 0.344. The van der Waals surface area contributed by atoms with Gasteiger partial charge in [0.2, 0.25) is 0 Å². The third-order valence-corrected chi connectivity index (χ3v) is 4.55. The highest BCUT2D eigenvalue weighted by molar-refractivity contribution is 9.10. The second kappa shape index (κ2) is 7.64. The van der Waals surface area contributed by atoms with Crippen LogP contribution in [0.15, 0.2) is 28.7 Å². The molecular weight excluding hydrogens is 320 g/mol. The van der Waals surface area contributed by atoms with E-state index in [2.05, 4.69) is 21.2 Å². The number of hydrogen-bond acceptors (Lipinski definition) is 2. The first kappa shape index (κ1) is 15.3. The van der Waals surface area contributed by atoms with E-state index in [1.807, 2.05) is 29.2 Å². The van der Waals surface area contributed by atoms with Crippen molar-refractivity contribution in [1.29, 1.82) is 0 Å². The number of nitrogens with zero attached hydrogens (tertiary/aromatic N) is 1. The Bertz CT molecular complexity index is 453. The molecule has 0 spiro atoms. The van der Waals surface area contributed by atoms with E-state index in [1.54, 1.807) is 0 Å². The predicted molar refractivity (Wildman–Crippen MR) is 82.4 cm³/mol. The first-order valence-corrected chi connectivity index (χ1v) is 7.87. The third-order valence-electron chi connectivity index (χ3n) is 3.78. The van der Waals surface area contributed by atoms with Crippen molar-refractivity contribution in [1.82, 2.24) is 10.2 Å². The standard InChI is InChI=1S/C15H21BrN2O2/c16-14-6-2-1-5-13(14)10-17-15(20)18-8-3-4-12(11-19)7-9-18/h1-2,5-6,12,19H,3-4,7-11H2,(H,17,20). The topological polar surface area (TPSA) is 52.6 Å². The summed E-state index contributed by atoms with van der Waals surface area (Å²) in [6.45, 7) is 2.26. The van der Waals surface area contributed by atoms with E-state index in [0.717, 1.165) is 42.4 Å². The average molecular weight is 341 g/mol. The van der Waals surface area contributed by atoms with E-state index in [0.29, 0.717) is 12.5 Å². The molecule has 1 heterocycles. The largest absolute Gasteiger partial charge is 0.396 e. The van der Waals surface area contributed by atoms with E-state index < -0.39 is 0 Å². The van der Waals surface area contributed by atoms with Gasteiger partial charge in [-0.2, -0.15) is 0 Å². The summed E-state index contributed by atoms with van der Waals surface area (Å²) in [4.78, 5) is 14.0. The molecule has 0 radical (unpaired) electrons. The second-order valence-electron chi connectivity index (χ2n) is 5.22. The van der Waals surface area contributed by atoms with Gasteiger partial charge in [0.05, 0.1) is 0 Å². The summed E-state index contributed by atoms with van der Waals surface area (Å²) in [6, 6.07) is 7.87. The van der Waals surface area contributed by atoms with Crippen LogP contribution in [0.1, 0.15) is 24.8 Å². The molecule has 1 aromatic rings. The monoisotopic (exact) mass is 340 g/mol. The lowest BCUT2D eigenvalue weighted by atomic mass is 10.0. The molecule has 4 nitrogen and oxygen atoms in total. The van der Waals surface area contributed by atoms with Crippen LogP contribution in [0.3, 0.4) is 0 Å². The minimum absolute atomic E-state index is 0.0145. The normalized spacial score (nSPS) is 19.5. The minimum Gasteiger partial charge on any atom is -0.396 e. The molecule has 1 atom stereocenters. The summed E-state index contributed by atoms with van der Waals surface area (Å²) in [5, 5.41) is 12.2. The van der Waals surface area contributed by atoms with Crippen LogP contribution in [0.25, 0.3) is 0 Å². The molecule has 1 aliphatic rings. The highest BCUT2D eigenvalue weighted by atomic mass is 79.9. The number of likely N-dealkylation sites (tertiary alicyclic amines) is 1. The molecule has 0 saturated carbocycles. The fraction of sp³-hybridized carbons (Fsp3) is 0.533. The van der Waals surface area contributed by atoms with Gasteiger partial charge < -0.3 is 15.3 Å². The van der Waals surface area contributed by atoms with Gasteiger partial charge in [-0.1, -0.05) is 34.1 Å². The molecule has 1 fully saturated rings. The van der Waals surface area contributed by atoms with Crippen LogP contribution in [0, 0.1) is 5.92 Å². The summed E-state index contributed by atoms with van der Waals surface area (Å²) in [5.41, 5.74) is 1.07. The Morgan fingerprint density at radius 2 is 2.15 bits per heavy atom. The number of urea groups is 1. The van der Waals surface area contributed by atoms with Crippen molar-refractivity contribution in [2.24, 2.45) is 5.92 Å². The van der Waals surface area contributed by atoms with Crippen molar-refractivity contribution < 1.29 is 9.90 Å². The van der Waals surface area contributed by atoms with Crippen LogP contribution in [0.5, 0.6) is 0 Å². The molecule has 1 aromatic carbocycles. The lowest BCUT2D eigenvalue weighted by molar-refractivity contribution is 0.192. The van der Waals surface area contributed by atoms with E-state index in [4.69, 9.17) is 0 Å². The molecule has 0 bridgehead atoms. The molecule has 1 unspecified atom stereocenters. The Labute approximate surface area is 128 Å². The molecular formula is C15H21BrN2O2. The third kappa shape index (κ3) is 4.21. The Kier molecular flexibility index (Phi) is 5.86. The van der Waals surface area contributed by atoms with Crippen LogP contribution in [-0.4, -0.2) is 35.7 Å². The number of rotatable bonds is 3. The smallest absolute Gasteiger partial charge is 0.317 e. The lowest BCUT2D eigenvalue weighted by Crippen LogP contribution is -2.40. The zero-order valence-corrected chi connectivity index (χ0v) is 13.1. The van der Waals surface area contributed by atoms with Crippen LogP contribution in [0.4, 0.5) is 4.79 Å². The highest BCUT2D eigenvalue weighted by Crippen LogP contribution is 2.18. The maximum absolute atomic E-state index is 12.2. The van der Waals surface area contributed by atoms with Gasteiger partial charge in [0.1, 0.15) is 0 Å². The van der Waals surface area contributed by atoms with Crippen LogP contribution >= 0.6 is 15.9 Å². The first-order chi connectivity index (χ1) is 9.70. The number of halogens is 1. The highest BCUT2D eigenvalue weighted by Gasteiger charge is 2.19. The van der Waals surface area contributed by atoms with Crippen molar-refractivity contribution in [3.8, 4) is 0 Å². The van der Waals surface area contributed by atoms with Crippen molar-refractivity contribution in [2.45, 2.75) is 25.8 Å². The molecule has 2 rings (SSSR count). The number of amides is 2. The molecule has 2 amide bonds. The molecule has 110 valence electrons. The van der Waals surface area contributed by atoms with Crippen molar-refractivity contribution >= 4 is 22.0 Å². The molecule has 1 aliphatic heterocycles. The van der Waals surface area contributed by atoms with Gasteiger partial charge in [-0.05, 0) is 36.8 Å². The molecule has 5 heteroatoms.